The van der Waals surface area contributed by atoms with E-state index in [1.165, 1.54) is 5.57 Å². The maximum absolute atomic E-state index is 13.2. The van der Waals surface area contributed by atoms with Crippen LogP contribution in [0.25, 0.3) is 44.9 Å². The van der Waals surface area contributed by atoms with E-state index in [4.69, 9.17) is 25.4 Å². The van der Waals surface area contributed by atoms with Crippen molar-refractivity contribution in [2.24, 2.45) is 0 Å². The number of rotatable bonds is 9. The first-order valence-electron chi connectivity index (χ1n) is 15.3. The molecule has 6 rings (SSSR count). The number of fused-ring (bicyclic) bond motifs is 1. The van der Waals surface area contributed by atoms with Crippen LogP contribution in [0.4, 0.5) is 19.1 Å². The minimum atomic E-state index is -5.08. The van der Waals surface area contributed by atoms with Gasteiger partial charge in [0.05, 0.1) is 34.3 Å². The standard InChI is InChI=1S/C33H32N6O3S.C2HF3O2/c1-22(2)43(40,41)39-29-21-25(13-14-28(29)36-33(39)34)31-30(24-9-4-3-5-10-24)37-32(38-31)26-11-6-12-27(20-26)42-19-16-23-8-7-17-35-18-15-23;3-2(4,5)1(6)7/h3-15,17-18,20-22,35H,16,19H2,1-2H3,(H2,34,36)(H,37,38);(H,6,7). The fraction of sp³-hybridized carbons (Fsp3) is 0.171. The van der Waals surface area contributed by atoms with Crippen molar-refractivity contribution in [2.75, 3.05) is 12.3 Å². The van der Waals surface area contributed by atoms with Gasteiger partial charge in [-0.05, 0) is 55.8 Å². The second kappa shape index (κ2) is 14.7. The molecule has 0 radical (unpaired) electrons. The number of carbonyl (C=O) groups is 1. The molecule has 5 aromatic rings. The number of anilines is 1. The summed E-state index contributed by atoms with van der Waals surface area (Å²) in [7, 11) is -3.74. The van der Waals surface area contributed by atoms with Gasteiger partial charge in [-0.3, -0.25) is 0 Å². The first-order valence-corrected chi connectivity index (χ1v) is 16.8. The fourth-order valence-electron chi connectivity index (χ4n) is 4.91. The Hall–Kier alpha value is -5.83. The normalized spacial score (nSPS) is 13.0. The van der Waals surface area contributed by atoms with Crippen LogP contribution in [0.2, 0.25) is 0 Å². The molecule has 11 nitrogen and oxygen atoms in total. The second-order valence-corrected chi connectivity index (χ2v) is 13.6. The molecule has 0 fully saturated rings. The van der Waals surface area contributed by atoms with Gasteiger partial charge in [-0.2, -0.15) is 13.2 Å². The number of ether oxygens (including phenoxy) is 1. The van der Waals surface area contributed by atoms with Crippen LogP contribution in [0, 0.1) is 0 Å². The Kier molecular flexibility index (Phi) is 10.5. The van der Waals surface area contributed by atoms with Gasteiger partial charge in [0.1, 0.15) is 11.6 Å². The summed E-state index contributed by atoms with van der Waals surface area (Å²) in [5.74, 6) is -1.42. The molecule has 2 aromatic heterocycles. The molecule has 1 aliphatic rings. The van der Waals surface area contributed by atoms with E-state index in [9.17, 15) is 21.6 Å². The Morgan fingerprint density at radius 3 is 2.40 bits per heavy atom. The second-order valence-electron chi connectivity index (χ2n) is 11.2. The van der Waals surface area contributed by atoms with Crippen LogP contribution < -0.4 is 15.8 Å². The lowest BCUT2D eigenvalue weighted by Gasteiger charge is -2.11. The maximum atomic E-state index is 13.2. The van der Waals surface area contributed by atoms with Gasteiger partial charge in [-0.25, -0.2) is 27.2 Å². The predicted octanol–water partition coefficient (Wildman–Crippen LogP) is 6.89. The van der Waals surface area contributed by atoms with Gasteiger partial charge in [0.25, 0.3) is 0 Å². The number of aromatic amines is 1. The number of hydrogen-bond donors (Lipinski definition) is 4. The highest BCUT2D eigenvalue weighted by Gasteiger charge is 2.38. The SMILES string of the molecule is CC(C)S(=O)(=O)n1c(N)nc2ccc(-c3nc(-c4cccc(OCCC5=CC=CNC=C5)c4)[nH]c3-c3ccccc3)cc21.O=C(O)C(F)(F)F. The number of nitrogens with two attached hydrogens (primary N) is 1. The van der Waals surface area contributed by atoms with Crippen molar-refractivity contribution in [3.05, 3.63) is 109 Å². The topological polar surface area (TPSA) is 165 Å². The Balaban J connectivity index is 0.000000630. The van der Waals surface area contributed by atoms with Crippen LogP contribution in [0.3, 0.4) is 0 Å². The average molecular weight is 707 g/mol. The smallest absolute Gasteiger partial charge is 0.490 e. The number of nitrogen functional groups attached to an aromatic ring is 1. The molecule has 0 atom stereocenters. The Morgan fingerprint density at radius 2 is 1.70 bits per heavy atom. The first-order chi connectivity index (χ1) is 23.8. The number of aliphatic carboxylic acids is 1. The molecule has 0 saturated carbocycles. The number of aromatic nitrogens is 4. The molecular weight excluding hydrogens is 673 g/mol. The van der Waals surface area contributed by atoms with Crippen molar-refractivity contribution in [3.8, 4) is 39.7 Å². The predicted molar refractivity (Wildman–Crippen MR) is 185 cm³/mol. The summed E-state index contributed by atoms with van der Waals surface area (Å²) >= 11 is 0. The zero-order chi connectivity index (χ0) is 36.1. The molecule has 0 unspecified atom stereocenters. The number of alkyl halides is 3. The average Bonchev–Trinajstić information content (AvgIpc) is 3.57. The highest BCUT2D eigenvalue weighted by atomic mass is 32.2. The van der Waals surface area contributed by atoms with Crippen molar-refractivity contribution in [2.45, 2.75) is 31.7 Å². The number of H-pyrrole nitrogens is 1. The van der Waals surface area contributed by atoms with E-state index in [2.05, 4.69) is 21.4 Å². The molecule has 0 bridgehead atoms. The lowest BCUT2D eigenvalue weighted by atomic mass is 10.0. The van der Waals surface area contributed by atoms with Gasteiger partial charge < -0.3 is 25.9 Å². The molecule has 0 amide bonds. The number of nitrogens with zero attached hydrogens (tertiary/aromatic N) is 3. The van der Waals surface area contributed by atoms with Crippen molar-refractivity contribution >= 4 is 33.0 Å². The van der Waals surface area contributed by atoms with Gasteiger partial charge in [0, 0.05) is 35.5 Å². The first kappa shape index (κ1) is 35.5. The van der Waals surface area contributed by atoms with E-state index in [0.29, 0.717) is 29.2 Å². The molecule has 1 aliphatic heterocycles. The summed E-state index contributed by atoms with van der Waals surface area (Å²) in [5, 5.41) is 9.52. The van der Waals surface area contributed by atoms with E-state index in [-0.39, 0.29) is 5.95 Å². The van der Waals surface area contributed by atoms with E-state index in [1.54, 1.807) is 26.0 Å². The van der Waals surface area contributed by atoms with Gasteiger partial charge in [0.2, 0.25) is 16.0 Å². The third-order valence-electron chi connectivity index (χ3n) is 7.43. The van der Waals surface area contributed by atoms with E-state index in [1.807, 2.05) is 85.2 Å². The number of hydrogen-bond acceptors (Lipinski definition) is 8. The molecule has 50 heavy (non-hydrogen) atoms. The van der Waals surface area contributed by atoms with Gasteiger partial charge >= 0.3 is 12.1 Å². The number of imidazole rings is 2. The van der Waals surface area contributed by atoms with Crippen molar-refractivity contribution in [3.63, 3.8) is 0 Å². The third kappa shape index (κ3) is 8.06. The molecule has 260 valence electrons. The molecule has 15 heteroatoms. The monoisotopic (exact) mass is 706 g/mol. The number of nitrogens with one attached hydrogen (secondary N) is 2. The van der Waals surface area contributed by atoms with Crippen LogP contribution in [0.1, 0.15) is 20.3 Å². The number of allylic oxidation sites excluding steroid dienone is 3. The lowest BCUT2D eigenvalue weighted by Crippen LogP contribution is -2.23. The summed E-state index contributed by atoms with van der Waals surface area (Å²) in [5.41, 5.74) is 12.2. The van der Waals surface area contributed by atoms with E-state index >= 15 is 0 Å². The third-order valence-corrected chi connectivity index (χ3v) is 9.52. The van der Waals surface area contributed by atoms with Gasteiger partial charge in [-0.1, -0.05) is 54.6 Å². The molecule has 5 N–H and O–H groups in total. The minimum Gasteiger partial charge on any atom is -0.493 e. The summed E-state index contributed by atoms with van der Waals surface area (Å²) in [6, 6.07) is 23.2. The van der Waals surface area contributed by atoms with Crippen molar-refractivity contribution in [1.82, 2.24) is 24.2 Å². The highest BCUT2D eigenvalue weighted by Crippen LogP contribution is 2.36. The summed E-state index contributed by atoms with van der Waals surface area (Å²) in [6.45, 7) is 3.77. The summed E-state index contributed by atoms with van der Waals surface area (Å²) in [6.07, 6.45) is 5.53. The zero-order valence-corrected chi connectivity index (χ0v) is 27.7. The van der Waals surface area contributed by atoms with Crippen LogP contribution >= 0.6 is 0 Å². The van der Waals surface area contributed by atoms with Crippen LogP contribution in [-0.2, 0) is 14.8 Å². The van der Waals surface area contributed by atoms with Crippen LogP contribution in [-0.4, -0.2) is 56.5 Å². The Morgan fingerprint density at radius 1 is 0.980 bits per heavy atom. The number of carboxylic acids is 1. The number of benzene rings is 3. The molecule has 3 aromatic carbocycles. The number of halogens is 3. The number of carboxylic acid groups (broad SMARTS) is 1. The molecule has 3 heterocycles. The zero-order valence-electron chi connectivity index (χ0n) is 26.8. The largest absolute Gasteiger partial charge is 0.493 e. The van der Waals surface area contributed by atoms with Crippen molar-refractivity contribution < 1.29 is 36.2 Å². The summed E-state index contributed by atoms with van der Waals surface area (Å²) < 4.78 is 65.3. The minimum absolute atomic E-state index is 0.0665. The van der Waals surface area contributed by atoms with Crippen LogP contribution in [0.5, 0.6) is 5.75 Å². The molecule has 0 saturated heterocycles. The molecular formula is C35H33F3N6O5S. The Bertz CT molecular complexity index is 2200. The van der Waals surface area contributed by atoms with Crippen LogP contribution in [0.15, 0.2) is 109 Å². The Labute approximate surface area is 285 Å². The van der Waals surface area contributed by atoms with Crippen molar-refractivity contribution in [1.29, 1.82) is 0 Å². The van der Waals surface area contributed by atoms with Gasteiger partial charge in [0.15, 0.2) is 0 Å². The van der Waals surface area contributed by atoms with Gasteiger partial charge in [-0.15, -0.1) is 0 Å². The lowest BCUT2D eigenvalue weighted by molar-refractivity contribution is -0.192. The molecule has 0 aliphatic carbocycles. The maximum Gasteiger partial charge on any atom is 0.490 e. The highest BCUT2D eigenvalue weighted by molar-refractivity contribution is 7.90. The van der Waals surface area contributed by atoms with E-state index < -0.39 is 27.4 Å². The van der Waals surface area contributed by atoms with E-state index in [0.717, 1.165) is 38.5 Å². The molecule has 0 spiro atoms. The quantitative estimate of drug-likeness (QED) is 0.128. The summed E-state index contributed by atoms with van der Waals surface area (Å²) in [4.78, 5) is 21.7. The fourth-order valence-corrected chi connectivity index (χ4v) is 6.05.